The minimum atomic E-state index is -0.988. The molecule has 20 heavy (non-hydrogen) atoms. The molecule has 0 saturated heterocycles. The highest BCUT2D eigenvalue weighted by atomic mass is 32.1. The maximum atomic E-state index is 10.7. The molecule has 0 aliphatic heterocycles. The topological polar surface area (TPSA) is 88.0 Å². The molecule has 2 rings (SSSR count). The molecule has 0 aliphatic rings. The highest BCUT2D eigenvalue weighted by Crippen LogP contribution is 2.14. The normalized spacial score (nSPS) is 10.8. The molecule has 0 radical (unpaired) electrons. The number of nitrogens with one attached hydrogen (secondary N) is 1. The van der Waals surface area contributed by atoms with Gasteiger partial charge in [-0.3, -0.25) is 0 Å². The average molecular weight is 292 g/mol. The zero-order chi connectivity index (χ0) is 14.5. The SMILES string of the molecule is CC(C)c1cc(NCCc2nc(C(=O)O)cs2)ncn1. The van der Waals surface area contributed by atoms with Crippen molar-refractivity contribution >= 4 is 23.1 Å². The van der Waals surface area contributed by atoms with Crippen LogP contribution in [0.3, 0.4) is 0 Å². The van der Waals surface area contributed by atoms with Crippen molar-refractivity contribution in [2.45, 2.75) is 26.2 Å². The van der Waals surface area contributed by atoms with E-state index in [9.17, 15) is 4.79 Å². The van der Waals surface area contributed by atoms with E-state index in [4.69, 9.17) is 5.11 Å². The smallest absolute Gasteiger partial charge is 0.355 e. The van der Waals surface area contributed by atoms with Crippen molar-refractivity contribution in [2.75, 3.05) is 11.9 Å². The monoisotopic (exact) mass is 292 g/mol. The molecule has 0 bridgehead atoms. The van der Waals surface area contributed by atoms with Gasteiger partial charge >= 0.3 is 5.97 Å². The van der Waals surface area contributed by atoms with Crippen LogP contribution >= 0.6 is 11.3 Å². The maximum absolute atomic E-state index is 10.7. The minimum absolute atomic E-state index is 0.106. The van der Waals surface area contributed by atoms with E-state index in [2.05, 4.69) is 34.1 Å². The minimum Gasteiger partial charge on any atom is -0.476 e. The molecule has 0 unspecified atom stereocenters. The van der Waals surface area contributed by atoms with Crippen molar-refractivity contribution in [2.24, 2.45) is 0 Å². The van der Waals surface area contributed by atoms with Gasteiger partial charge in [-0.2, -0.15) is 0 Å². The van der Waals surface area contributed by atoms with Gasteiger partial charge in [0.2, 0.25) is 0 Å². The third kappa shape index (κ3) is 3.74. The van der Waals surface area contributed by atoms with Gasteiger partial charge in [-0.15, -0.1) is 11.3 Å². The van der Waals surface area contributed by atoms with Gasteiger partial charge in [-0.1, -0.05) is 13.8 Å². The standard InChI is InChI=1S/C13H16N4O2S/c1-8(2)9-5-11(16-7-15-9)14-4-3-12-17-10(6-20-12)13(18)19/h5-8H,3-4H2,1-2H3,(H,18,19)(H,14,15,16). The van der Waals surface area contributed by atoms with Gasteiger partial charge in [0, 0.05) is 30.1 Å². The lowest BCUT2D eigenvalue weighted by molar-refractivity contribution is 0.0691. The number of rotatable bonds is 6. The van der Waals surface area contributed by atoms with Gasteiger partial charge in [-0.05, 0) is 5.92 Å². The third-order valence-corrected chi connectivity index (χ3v) is 3.60. The summed E-state index contributed by atoms with van der Waals surface area (Å²) in [6.45, 7) is 4.81. The molecule has 0 fully saturated rings. The zero-order valence-corrected chi connectivity index (χ0v) is 12.1. The van der Waals surface area contributed by atoms with E-state index in [1.54, 1.807) is 11.7 Å². The number of hydrogen-bond donors (Lipinski definition) is 2. The van der Waals surface area contributed by atoms with Crippen molar-refractivity contribution < 1.29 is 9.90 Å². The van der Waals surface area contributed by atoms with Gasteiger partial charge in [0.1, 0.15) is 12.1 Å². The van der Waals surface area contributed by atoms with Crippen LogP contribution < -0.4 is 5.32 Å². The molecular formula is C13H16N4O2S. The Kier molecular flexibility index (Phi) is 4.62. The third-order valence-electron chi connectivity index (χ3n) is 2.70. The lowest BCUT2D eigenvalue weighted by Gasteiger charge is -2.07. The molecule has 0 spiro atoms. The Morgan fingerprint density at radius 1 is 1.45 bits per heavy atom. The largest absolute Gasteiger partial charge is 0.476 e. The first-order valence-electron chi connectivity index (χ1n) is 6.29. The second-order valence-electron chi connectivity index (χ2n) is 4.59. The molecule has 2 aromatic heterocycles. The number of carboxylic acid groups (broad SMARTS) is 1. The molecule has 0 aromatic carbocycles. The molecule has 2 heterocycles. The molecule has 6 nitrogen and oxygen atoms in total. The van der Waals surface area contributed by atoms with E-state index in [0.29, 0.717) is 18.9 Å². The fourth-order valence-corrected chi connectivity index (χ4v) is 2.38. The van der Waals surface area contributed by atoms with Gasteiger partial charge in [-0.25, -0.2) is 19.7 Å². The van der Waals surface area contributed by atoms with E-state index in [-0.39, 0.29) is 5.69 Å². The number of carboxylic acids is 1. The molecule has 0 saturated carbocycles. The number of hydrogen-bond acceptors (Lipinski definition) is 6. The van der Waals surface area contributed by atoms with Crippen LogP contribution in [-0.2, 0) is 6.42 Å². The van der Waals surface area contributed by atoms with Crippen molar-refractivity contribution in [3.63, 3.8) is 0 Å². The number of aromatic nitrogens is 3. The van der Waals surface area contributed by atoms with Gasteiger partial charge in [0.05, 0.1) is 5.01 Å². The van der Waals surface area contributed by atoms with Gasteiger partial charge in [0.15, 0.2) is 5.69 Å². The van der Waals surface area contributed by atoms with E-state index in [0.717, 1.165) is 16.5 Å². The maximum Gasteiger partial charge on any atom is 0.355 e. The summed E-state index contributed by atoms with van der Waals surface area (Å²) >= 11 is 1.36. The summed E-state index contributed by atoms with van der Waals surface area (Å²) in [6, 6.07) is 1.93. The second kappa shape index (κ2) is 6.42. The van der Waals surface area contributed by atoms with Crippen LogP contribution in [0.5, 0.6) is 0 Å². The molecule has 0 atom stereocenters. The Balaban J connectivity index is 1.89. The molecule has 2 N–H and O–H groups in total. The van der Waals surface area contributed by atoms with Gasteiger partial charge in [0.25, 0.3) is 0 Å². The summed E-state index contributed by atoms with van der Waals surface area (Å²) in [5.74, 6) is 0.146. The number of thiazole rings is 1. The van der Waals surface area contributed by atoms with Crippen molar-refractivity contribution in [1.82, 2.24) is 15.0 Å². The first-order valence-corrected chi connectivity index (χ1v) is 7.17. The van der Waals surface area contributed by atoms with Crippen LogP contribution in [0.4, 0.5) is 5.82 Å². The Hall–Kier alpha value is -2.02. The Bertz CT molecular complexity index is 598. The first kappa shape index (κ1) is 14.4. The molecule has 106 valence electrons. The number of aromatic carboxylic acids is 1. The van der Waals surface area contributed by atoms with Crippen molar-refractivity contribution in [1.29, 1.82) is 0 Å². The summed E-state index contributed by atoms with van der Waals surface area (Å²) in [5, 5.41) is 14.3. The highest BCUT2D eigenvalue weighted by molar-refractivity contribution is 7.09. The predicted molar refractivity (Wildman–Crippen MR) is 77.4 cm³/mol. The molecule has 2 aromatic rings. The Morgan fingerprint density at radius 2 is 2.25 bits per heavy atom. The van der Waals surface area contributed by atoms with E-state index in [1.165, 1.54) is 11.3 Å². The van der Waals surface area contributed by atoms with Crippen LogP contribution in [0.2, 0.25) is 0 Å². The summed E-state index contributed by atoms with van der Waals surface area (Å²) in [4.78, 5) is 23.1. The van der Waals surface area contributed by atoms with E-state index >= 15 is 0 Å². The van der Waals surface area contributed by atoms with Crippen LogP contribution in [-0.4, -0.2) is 32.6 Å². The van der Waals surface area contributed by atoms with Crippen LogP contribution in [0.25, 0.3) is 0 Å². The summed E-state index contributed by atoms with van der Waals surface area (Å²) in [7, 11) is 0. The Labute approximate surface area is 120 Å². The number of nitrogens with zero attached hydrogens (tertiary/aromatic N) is 3. The highest BCUT2D eigenvalue weighted by Gasteiger charge is 2.08. The summed E-state index contributed by atoms with van der Waals surface area (Å²) in [5.41, 5.74) is 1.10. The number of carbonyl (C=O) groups is 1. The van der Waals surface area contributed by atoms with Gasteiger partial charge < -0.3 is 10.4 Å². The first-order chi connectivity index (χ1) is 9.56. The lowest BCUT2D eigenvalue weighted by atomic mass is 10.1. The van der Waals surface area contributed by atoms with Crippen LogP contribution in [0, 0.1) is 0 Å². The predicted octanol–water partition coefficient (Wildman–Crippen LogP) is 2.41. The average Bonchev–Trinajstić information content (AvgIpc) is 2.88. The fourth-order valence-electron chi connectivity index (χ4n) is 1.61. The fraction of sp³-hybridized carbons (Fsp3) is 0.385. The zero-order valence-electron chi connectivity index (χ0n) is 11.3. The van der Waals surface area contributed by atoms with Crippen molar-refractivity contribution in [3.8, 4) is 0 Å². The molecular weight excluding hydrogens is 276 g/mol. The molecule has 7 heteroatoms. The summed E-state index contributed by atoms with van der Waals surface area (Å²) < 4.78 is 0. The lowest BCUT2D eigenvalue weighted by Crippen LogP contribution is -2.08. The van der Waals surface area contributed by atoms with Crippen molar-refractivity contribution in [3.05, 3.63) is 34.2 Å². The van der Waals surface area contributed by atoms with E-state index < -0.39 is 5.97 Å². The second-order valence-corrected chi connectivity index (χ2v) is 5.53. The molecule has 0 amide bonds. The van der Waals surface area contributed by atoms with Crippen LogP contribution in [0.1, 0.15) is 41.0 Å². The Morgan fingerprint density at radius 3 is 2.90 bits per heavy atom. The van der Waals surface area contributed by atoms with E-state index in [1.807, 2.05) is 6.07 Å². The number of anilines is 1. The molecule has 0 aliphatic carbocycles. The van der Waals surface area contributed by atoms with Crippen LogP contribution in [0.15, 0.2) is 17.8 Å². The quantitative estimate of drug-likeness (QED) is 0.850. The summed E-state index contributed by atoms with van der Waals surface area (Å²) in [6.07, 6.45) is 2.21.